The highest BCUT2D eigenvalue weighted by molar-refractivity contribution is 5.97. The van der Waals surface area contributed by atoms with Gasteiger partial charge in [0.1, 0.15) is 0 Å². The molecule has 1 amide bonds. The highest BCUT2D eigenvalue weighted by Crippen LogP contribution is 2.37. The first kappa shape index (κ1) is 19.2. The van der Waals surface area contributed by atoms with Gasteiger partial charge in [0.05, 0.1) is 17.0 Å². The number of aryl methyl sites for hydroxylation is 1. The number of alkyl halides is 3. The molecule has 2 N–H and O–H groups in total. The van der Waals surface area contributed by atoms with E-state index in [-0.39, 0.29) is 18.4 Å². The minimum absolute atomic E-state index is 0.0849. The number of amides is 1. The third-order valence-electron chi connectivity index (χ3n) is 5.03. The second kappa shape index (κ2) is 7.21. The molecule has 3 rings (SSSR count). The van der Waals surface area contributed by atoms with Crippen LogP contribution in [0.15, 0.2) is 27.8 Å². The molecule has 2 aromatic rings. The van der Waals surface area contributed by atoms with E-state index in [2.05, 4.69) is 10.3 Å². The van der Waals surface area contributed by atoms with E-state index in [1.165, 1.54) is 16.7 Å². The van der Waals surface area contributed by atoms with Gasteiger partial charge in [-0.15, -0.1) is 0 Å². The number of nitrogens with zero attached hydrogens (tertiary/aromatic N) is 1. The number of fused-ring (bicyclic) bond motifs is 1. The van der Waals surface area contributed by atoms with Crippen LogP contribution in [0.4, 0.5) is 13.2 Å². The van der Waals surface area contributed by atoms with E-state index in [9.17, 15) is 27.6 Å². The first-order valence-electron chi connectivity index (χ1n) is 8.85. The minimum atomic E-state index is -4.25. The zero-order valence-corrected chi connectivity index (χ0v) is 14.7. The summed E-state index contributed by atoms with van der Waals surface area (Å²) in [6, 6.07) is 3.93. The highest BCUT2D eigenvalue weighted by atomic mass is 19.4. The van der Waals surface area contributed by atoms with Gasteiger partial charge in [0, 0.05) is 18.2 Å². The number of hydrogen-bond acceptors (Lipinski definition) is 3. The summed E-state index contributed by atoms with van der Waals surface area (Å²) in [4.78, 5) is 38.5. The van der Waals surface area contributed by atoms with Gasteiger partial charge in [-0.3, -0.25) is 14.4 Å². The third kappa shape index (κ3) is 3.91. The number of carbonyl (C=O) groups is 1. The van der Waals surface area contributed by atoms with Crippen LogP contribution >= 0.6 is 0 Å². The van der Waals surface area contributed by atoms with Crippen molar-refractivity contribution in [3.05, 3.63) is 44.5 Å². The molecule has 1 aliphatic rings. The smallest absolute Gasteiger partial charge is 0.349 e. The Balaban J connectivity index is 1.83. The molecule has 0 unspecified atom stereocenters. The van der Waals surface area contributed by atoms with Gasteiger partial charge in [-0.2, -0.15) is 13.2 Å². The van der Waals surface area contributed by atoms with Crippen molar-refractivity contribution in [2.45, 2.75) is 51.4 Å². The lowest BCUT2D eigenvalue weighted by Crippen LogP contribution is -2.41. The maximum atomic E-state index is 12.9. The van der Waals surface area contributed by atoms with E-state index in [1.807, 2.05) is 0 Å². The number of hydrogen-bond donors (Lipinski definition) is 2. The van der Waals surface area contributed by atoms with Crippen LogP contribution in [0.3, 0.4) is 0 Å². The third-order valence-corrected chi connectivity index (χ3v) is 5.03. The monoisotopic (exact) mass is 383 g/mol. The first-order valence-corrected chi connectivity index (χ1v) is 8.85. The summed E-state index contributed by atoms with van der Waals surface area (Å²) >= 11 is 0. The van der Waals surface area contributed by atoms with Crippen molar-refractivity contribution in [3.8, 4) is 0 Å². The van der Waals surface area contributed by atoms with Gasteiger partial charge in [0.15, 0.2) is 0 Å². The lowest BCUT2D eigenvalue weighted by molar-refractivity contribution is -0.183. The lowest BCUT2D eigenvalue weighted by atomic mass is 9.85. The van der Waals surface area contributed by atoms with Crippen LogP contribution in [0.1, 0.15) is 43.0 Å². The predicted molar refractivity (Wildman–Crippen MR) is 93.8 cm³/mol. The summed E-state index contributed by atoms with van der Waals surface area (Å²) < 4.78 is 40.0. The molecule has 1 heterocycles. The summed E-state index contributed by atoms with van der Waals surface area (Å²) in [7, 11) is 0. The Bertz CT molecular complexity index is 978. The van der Waals surface area contributed by atoms with Crippen molar-refractivity contribution < 1.29 is 18.0 Å². The topological polar surface area (TPSA) is 84.0 Å². The van der Waals surface area contributed by atoms with Gasteiger partial charge in [-0.05, 0) is 44.4 Å². The second-order valence-electron chi connectivity index (χ2n) is 6.81. The second-order valence-corrected chi connectivity index (χ2v) is 6.81. The normalized spacial score (nSPS) is 20.6. The summed E-state index contributed by atoms with van der Waals surface area (Å²) in [5.41, 5.74) is -0.447. The lowest BCUT2D eigenvalue weighted by Gasteiger charge is -2.31. The number of rotatable bonds is 3. The van der Waals surface area contributed by atoms with E-state index < -0.39 is 35.2 Å². The van der Waals surface area contributed by atoms with Crippen LogP contribution in [0.5, 0.6) is 0 Å². The maximum Gasteiger partial charge on any atom is 0.391 e. The number of H-pyrrole nitrogens is 1. The van der Waals surface area contributed by atoms with Crippen molar-refractivity contribution in [2.24, 2.45) is 5.92 Å². The van der Waals surface area contributed by atoms with E-state index >= 15 is 0 Å². The number of halogens is 3. The fourth-order valence-electron chi connectivity index (χ4n) is 3.62. The van der Waals surface area contributed by atoms with Gasteiger partial charge in [0.2, 0.25) is 0 Å². The molecule has 1 saturated carbocycles. The van der Waals surface area contributed by atoms with E-state index in [0.717, 1.165) is 0 Å². The van der Waals surface area contributed by atoms with Crippen LogP contribution in [-0.4, -0.2) is 27.7 Å². The Labute approximate surface area is 152 Å². The summed E-state index contributed by atoms with van der Waals surface area (Å²) in [5, 5.41) is 2.66. The molecule has 0 aliphatic heterocycles. The van der Waals surface area contributed by atoms with Gasteiger partial charge in [0.25, 0.3) is 5.91 Å². The standard InChI is InChI=1S/C18H20F3N3O3/c1-2-24-14-7-6-10(8-13(14)23-16(26)17(24)27)15(25)22-12-5-3-4-11(9-12)18(19,20)21/h6-8,11-12H,2-5,9H2,1H3,(H,22,25)(H,23,26)/t11-,12+/m1/s1. The SMILES string of the molecule is CCn1c(=O)c(=O)[nH]c2cc(C(=O)N[C@H]3CCC[C@@H](C(F)(F)F)C3)ccc21. The molecule has 1 fully saturated rings. The Morgan fingerprint density at radius 2 is 2.04 bits per heavy atom. The molecule has 0 spiro atoms. The van der Waals surface area contributed by atoms with Gasteiger partial charge < -0.3 is 14.9 Å². The van der Waals surface area contributed by atoms with Crippen molar-refractivity contribution in [1.29, 1.82) is 0 Å². The Hall–Kier alpha value is -2.58. The quantitative estimate of drug-likeness (QED) is 0.799. The Morgan fingerprint density at radius 1 is 1.30 bits per heavy atom. The Kier molecular flexibility index (Phi) is 5.12. The highest BCUT2D eigenvalue weighted by Gasteiger charge is 2.42. The van der Waals surface area contributed by atoms with E-state index in [0.29, 0.717) is 30.4 Å². The molecule has 1 aromatic carbocycles. The van der Waals surface area contributed by atoms with Crippen molar-refractivity contribution in [1.82, 2.24) is 14.9 Å². The van der Waals surface area contributed by atoms with Gasteiger partial charge >= 0.3 is 17.3 Å². The number of aromatic nitrogens is 2. The van der Waals surface area contributed by atoms with E-state index in [1.54, 1.807) is 13.0 Å². The fourth-order valence-corrected chi connectivity index (χ4v) is 3.62. The number of benzene rings is 1. The molecular formula is C18H20F3N3O3. The average Bonchev–Trinajstić information content (AvgIpc) is 2.62. The number of carbonyl (C=O) groups excluding carboxylic acids is 1. The molecular weight excluding hydrogens is 363 g/mol. The fraction of sp³-hybridized carbons (Fsp3) is 0.500. The minimum Gasteiger partial charge on any atom is -0.349 e. The van der Waals surface area contributed by atoms with Crippen molar-refractivity contribution >= 4 is 16.9 Å². The van der Waals surface area contributed by atoms with E-state index in [4.69, 9.17) is 0 Å². The molecule has 146 valence electrons. The van der Waals surface area contributed by atoms with Crippen LogP contribution in [-0.2, 0) is 6.54 Å². The van der Waals surface area contributed by atoms with Crippen molar-refractivity contribution in [2.75, 3.05) is 0 Å². The molecule has 6 nitrogen and oxygen atoms in total. The van der Waals surface area contributed by atoms with Crippen LogP contribution in [0, 0.1) is 5.92 Å². The maximum absolute atomic E-state index is 12.9. The summed E-state index contributed by atoms with van der Waals surface area (Å²) in [6.07, 6.45) is -3.40. The van der Waals surface area contributed by atoms with Crippen LogP contribution in [0.25, 0.3) is 11.0 Å². The average molecular weight is 383 g/mol. The molecule has 0 saturated heterocycles. The molecule has 1 aliphatic carbocycles. The zero-order valence-electron chi connectivity index (χ0n) is 14.7. The van der Waals surface area contributed by atoms with Crippen LogP contribution < -0.4 is 16.4 Å². The van der Waals surface area contributed by atoms with Gasteiger partial charge in [-0.1, -0.05) is 6.42 Å². The molecule has 1 aromatic heterocycles. The van der Waals surface area contributed by atoms with Gasteiger partial charge in [-0.25, -0.2) is 0 Å². The summed E-state index contributed by atoms with van der Waals surface area (Å²) in [6.45, 7) is 2.02. The van der Waals surface area contributed by atoms with Crippen molar-refractivity contribution in [3.63, 3.8) is 0 Å². The zero-order chi connectivity index (χ0) is 19.8. The predicted octanol–water partition coefficient (Wildman–Crippen LogP) is 2.56. The van der Waals surface area contributed by atoms with Crippen LogP contribution in [0.2, 0.25) is 0 Å². The summed E-state index contributed by atoms with van der Waals surface area (Å²) in [5.74, 6) is -1.90. The number of nitrogens with one attached hydrogen (secondary N) is 2. The molecule has 27 heavy (non-hydrogen) atoms. The molecule has 0 radical (unpaired) electrons. The molecule has 9 heteroatoms. The molecule has 0 bridgehead atoms. The Morgan fingerprint density at radius 3 is 2.70 bits per heavy atom. The molecule has 2 atom stereocenters. The first-order chi connectivity index (χ1) is 12.7. The number of aromatic amines is 1. The largest absolute Gasteiger partial charge is 0.391 e.